The summed E-state index contributed by atoms with van der Waals surface area (Å²) in [5.41, 5.74) is 8.03. The summed E-state index contributed by atoms with van der Waals surface area (Å²) in [4.78, 5) is 0. The van der Waals surface area contributed by atoms with Gasteiger partial charge in [-0.05, 0) is 48.3 Å². The van der Waals surface area contributed by atoms with Crippen LogP contribution in [-0.2, 0) is 6.42 Å². The molecule has 2 unspecified atom stereocenters. The molecule has 1 aromatic carbocycles. The highest BCUT2D eigenvalue weighted by Crippen LogP contribution is 2.45. The van der Waals surface area contributed by atoms with Gasteiger partial charge in [-0.15, -0.1) is 0 Å². The molecule has 1 aromatic rings. The number of benzene rings is 1. The number of halogens is 2. The number of nitrogens with two attached hydrogens (primary N) is 1. The summed E-state index contributed by atoms with van der Waals surface area (Å²) >= 11 is 12.3. The van der Waals surface area contributed by atoms with Crippen LogP contribution in [0.5, 0.6) is 0 Å². The van der Waals surface area contributed by atoms with Gasteiger partial charge in [-0.1, -0.05) is 62.9 Å². The fourth-order valence-electron chi connectivity index (χ4n) is 3.79. The molecule has 20 heavy (non-hydrogen) atoms. The maximum atomic E-state index is 6.84. The van der Waals surface area contributed by atoms with Gasteiger partial charge in [0.25, 0.3) is 0 Å². The third-order valence-electron chi connectivity index (χ3n) is 4.66. The lowest BCUT2D eigenvalue weighted by molar-refractivity contribution is 0.0793. The van der Waals surface area contributed by atoms with Crippen molar-refractivity contribution in [1.29, 1.82) is 0 Å². The third-order valence-corrected chi connectivity index (χ3v) is 5.25. The summed E-state index contributed by atoms with van der Waals surface area (Å²) in [6.07, 6.45) is 5.63. The zero-order chi connectivity index (χ0) is 15.0. The zero-order valence-electron chi connectivity index (χ0n) is 12.7. The Morgan fingerprint density at radius 1 is 1.25 bits per heavy atom. The van der Waals surface area contributed by atoms with Crippen molar-refractivity contribution >= 4 is 23.2 Å². The van der Waals surface area contributed by atoms with Gasteiger partial charge in [0.05, 0.1) is 0 Å². The summed E-state index contributed by atoms with van der Waals surface area (Å²) in [6, 6.07) is 5.74. The third kappa shape index (κ3) is 3.50. The molecule has 0 saturated heterocycles. The fourth-order valence-corrected chi connectivity index (χ4v) is 4.27. The lowest BCUT2D eigenvalue weighted by Gasteiger charge is -2.48. The molecule has 3 heteroatoms. The second-order valence-corrected chi connectivity index (χ2v) is 8.15. The van der Waals surface area contributed by atoms with E-state index in [2.05, 4.69) is 20.8 Å². The normalized spacial score (nSPS) is 27.6. The van der Waals surface area contributed by atoms with E-state index in [9.17, 15) is 0 Å². The molecule has 0 aromatic heterocycles. The van der Waals surface area contributed by atoms with Crippen molar-refractivity contribution in [3.05, 3.63) is 33.8 Å². The lowest BCUT2D eigenvalue weighted by atomic mass is 9.61. The highest BCUT2D eigenvalue weighted by Gasteiger charge is 2.43. The van der Waals surface area contributed by atoms with Gasteiger partial charge in [0, 0.05) is 15.6 Å². The molecule has 0 amide bonds. The second-order valence-electron chi connectivity index (χ2n) is 7.31. The first kappa shape index (κ1) is 16.1. The topological polar surface area (TPSA) is 26.0 Å². The minimum absolute atomic E-state index is 0.159. The molecule has 1 aliphatic carbocycles. The van der Waals surface area contributed by atoms with E-state index in [0.717, 1.165) is 23.4 Å². The summed E-state index contributed by atoms with van der Waals surface area (Å²) in [7, 11) is 0. The number of hydrogen-bond donors (Lipinski definition) is 1. The summed E-state index contributed by atoms with van der Waals surface area (Å²) in [5.74, 6) is 0.524. The Bertz CT molecular complexity index is 478. The van der Waals surface area contributed by atoms with Crippen molar-refractivity contribution in [2.24, 2.45) is 17.1 Å². The molecule has 1 nitrogen and oxygen atoms in total. The smallest absolute Gasteiger partial charge is 0.0453 e. The van der Waals surface area contributed by atoms with Crippen molar-refractivity contribution in [2.75, 3.05) is 0 Å². The average molecular weight is 314 g/mol. The molecular weight excluding hydrogens is 289 g/mol. The van der Waals surface area contributed by atoms with Crippen LogP contribution in [0.1, 0.15) is 52.0 Å². The van der Waals surface area contributed by atoms with Crippen LogP contribution >= 0.6 is 23.2 Å². The first-order valence-corrected chi connectivity index (χ1v) is 8.21. The molecule has 0 heterocycles. The van der Waals surface area contributed by atoms with Crippen LogP contribution in [-0.4, -0.2) is 5.54 Å². The van der Waals surface area contributed by atoms with Crippen molar-refractivity contribution < 1.29 is 0 Å². The Balaban J connectivity index is 2.28. The predicted molar refractivity (Wildman–Crippen MR) is 88.5 cm³/mol. The fraction of sp³-hybridized carbons (Fsp3) is 0.647. The Kier molecular flexibility index (Phi) is 4.73. The van der Waals surface area contributed by atoms with Crippen LogP contribution in [0.25, 0.3) is 0 Å². The van der Waals surface area contributed by atoms with Crippen LogP contribution in [0, 0.1) is 11.3 Å². The van der Waals surface area contributed by atoms with Crippen molar-refractivity contribution in [3.63, 3.8) is 0 Å². The minimum atomic E-state index is -0.159. The average Bonchev–Trinajstić information content (AvgIpc) is 2.32. The van der Waals surface area contributed by atoms with Gasteiger partial charge in [-0.3, -0.25) is 0 Å². The Hall–Kier alpha value is -0.240. The number of rotatable bonds is 2. The highest BCUT2D eigenvalue weighted by atomic mass is 35.5. The van der Waals surface area contributed by atoms with Crippen molar-refractivity contribution in [1.82, 2.24) is 0 Å². The molecule has 1 fully saturated rings. The lowest BCUT2D eigenvalue weighted by Crippen LogP contribution is -2.55. The molecule has 0 spiro atoms. The molecule has 0 aliphatic heterocycles. The maximum absolute atomic E-state index is 6.84. The van der Waals surface area contributed by atoms with Crippen molar-refractivity contribution in [2.45, 2.75) is 58.4 Å². The van der Waals surface area contributed by atoms with Gasteiger partial charge in [0.1, 0.15) is 0 Å². The summed E-state index contributed by atoms with van der Waals surface area (Å²) < 4.78 is 0. The molecule has 2 N–H and O–H groups in total. The van der Waals surface area contributed by atoms with E-state index in [4.69, 9.17) is 28.9 Å². The molecular formula is C17H25Cl2N. The monoisotopic (exact) mass is 313 g/mol. The van der Waals surface area contributed by atoms with E-state index in [0.29, 0.717) is 10.9 Å². The van der Waals surface area contributed by atoms with Gasteiger partial charge in [0.15, 0.2) is 0 Å². The van der Waals surface area contributed by atoms with Crippen LogP contribution in [0.15, 0.2) is 18.2 Å². The van der Waals surface area contributed by atoms with Gasteiger partial charge in [-0.25, -0.2) is 0 Å². The molecule has 0 radical (unpaired) electrons. The van der Waals surface area contributed by atoms with Crippen molar-refractivity contribution in [3.8, 4) is 0 Å². The van der Waals surface area contributed by atoms with E-state index < -0.39 is 0 Å². The Labute approximate surface area is 132 Å². The molecule has 0 bridgehead atoms. The van der Waals surface area contributed by atoms with Crippen LogP contribution in [0.3, 0.4) is 0 Å². The Morgan fingerprint density at radius 3 is 2.55 bits per heavy atom. The van der Waals surface area contributed by atoms with E-state index in [-0.39, 0.29) is 11.0 Å². The largest absolute Gasteiger partial charge is 0.325 e. The first-order chi connectivity index (χ1) is 9.22. The zero-order valence-corrected chi connectivity index (χ0v) is 14.2. The highest BCUT2D eigenvalue weighted by molar-refractivity contribution is 6.35. The quantitative estimate of drug-likeness (QED) is 0.769. The predicted octanol–water partition coefficient (Wildman–Crippen LogP) is 5.47. The van der Waals surface area contributed by atoms with Crippen LogP contribution < -0.4 is 5.73 Å². The summed E-state index contributed by atoms with van der Waals surface area (Å²) in [5, 5.41) is 1.42. The van der Waals surface area contributed by atoms with Gasteiger partial charge < -0.3 is 5.73 Å². The van der Waals surface area contributed by atoms with E-state index >= 15 is 0 Å². The van der Waals surface area contributed by atoms with E-state index in [1.165, 1.54) is 19.3 Å². The van der Waals surface area contributed by atoms with Gasteiger partial charge in [-0.2, -0.15) is 0 Å². The van der Waals surface area contributed by atoms with Crippen LogP contribution in [0.4, 0.5) is 0 Å². The molecule has 1 aliphatic rings. The van der Waals surface area contributed by atoms with Gasteiger partial charge in [0.2, 0.25) is 0 Å². The Morgan fingerprint density at radius 2 is 1.95 bits per heavy atom. The molecule has 1 saturated carbocycles. The SMILES string of the molecule is CC(C)(C)C1CCCCC1(N)Cc1ccc(Cl)cc1Cl. The standard InChI is InChI=1S/C17H25Cl2N/c1-16(2,3)15-6-4-5-9-17(15,20)11-12-7-8-13(18)10-14(12)19/h7-8,10,15H,4-6,9,11,20H2,1-3H3. The van der Waals surface area contributed by atoms with E-state index in [1.54, 1.807) is 0 Å². The molecule has 2 atom stereocenters. The first-order valence-electron chi connectivity index (χ1n) is 7.45. The van der Waals surface area contributed by atoms with E-state index in [1.807, 2.05) is 18.2 Å². The summed E-state index contributed by atoms with van der Waals surface area (Å²) in [6.45, 7) is 6.90. The molecule has 112 valence electrons. The van der Waals surface area contributed by atoms with Crippen LogP contribution in [0.2, 0.25) is 10.0 Å². The minimum Gasteiger partial charge on any atom is -0.325 e. The maximum Gasteiger partial charge on any atom is 0.0453 e. The number of hydrogen-bond acceptors (Lipinski definition) is 1. The molecule has 2 rings (SSSR count). The second kappa shape index (κ2) is 5.87. The van der Waals surface area contributed by atoms with Gasteiger partial charge >= 0.3 is 0 Å².